The molecule has 1 aromatic carbocycles. The lowest BCUT2D eigenvalue weighted by molar-refractivity contribution is 0.0691. The number of hydrogen-bond donors (Lipinski definition) is 1. The molecule has 0 aliphatic rings. The van der Waals surface area contributed by atoms with Gasteiger partial charge in [0.15, 0.2) is 11.5 Å². The number of aryl methyl sites for hydroxylation is 1. The second-order valence-electron chi connectivity index (χ2n) is 4.41. The minimum Gasteiger partial charge on any atom is -0.493 e. The van der Waals surface area contributed by atoms with Crippen molar-refractivity contribution in [1.82, 2.24) is 9.78 Å². The number of halogens is 1. The summed E-state index contributed by atoms with van der Waals surface area (Å²) >= 11 is 5.87. The van der Waals surface area contributed by atoms with Crippen LogP contribution in [0, 0.1) is 0 Å². The number of methoxy groups -OCH3 is 1. The molecule has 1 N–H and O–H groups in total. The Morgan fingerprint density at radius 2 is 2.24 bits per heavy atom. The molecular formula is C14H15ClN2O4. The average molecular weight is 311 g/mol. The Balaban J connectivity index is 2.16. The highest BCUT2D eigenvalue weighted by Gasteiger charge is 2.18. The molecular weight excluding hydrogens is 296 g/mol. The zero-order chi connectivity index (χ0) is 15.4. The number of hydrogen-bond acceptors (Lipinski definition) is 4. The summed E-state index contributed by atoms with van der Waals surface area (Å²) in [6, 6.07) is 2.86. The van der Waals surface area contributed by atoms with E-state index in [1.165, 1.54) is 19.2 Å². The van der Waals surface area contributed by atoms with Crippen LogP contribution >= 0.6 is 11.6 Å². The van der Waals surface area contributed by atoms with Crippen molar-refractivity contribution in [1.29, 1.82) is 0 Å². The maximum absolute atomic E-state index is 11.3. The van der Waals surface area contributed by atoms with Gasteiger partial charge in [0.2, 0.25) is 0 Å². The Morgan fingerprint density at radius 3 is 2.81 bits per heavy atom. The monoisotopic (exact) mass is 310 g/mol. The normalized spacial score (nSPS) is 10.4. The van der Waals surface area contributed by atoms with E-state index in [4.69, 9.17) is 21.1 Å². The predicted molar refractivity (Wildman–Crippen MR) is 77.4 cm³/mol. The number of aromatic carboxylic acids is 1. The number of aromatic nitrogens is 2. The van der Waals surface area contributed by atoms with E-state index in [1.54, 1.807) is 10.9 Å². The molecule has 112 valence electrons. The predicted octanol–water partition coefficient (Wildman–Crippen LogP) is 2.40. The van der Waals surface area contributed by atoms with Crippen LogP contribution < -0.4 is 9.47 Å². The fourth-order valence-electron chi connectivity index (χ4n) is 1.90. The summed E-state index contributed by atoms with van der Waals surface area (Å²) in [5.41, 5.74) is 0.979. The maximum atomic E-state index is 11.3. The number of benzene rings is 1. The van der Waals surface area contributed by atoms with E-state index in [9.17, 15) is 9.90 Å². The zero-order valence-corrected chi connectivity index (χ0v) is 12.4. The molecule has 0 aliphatic carbocycles. The molecule has 0 unspecified atom stereocenters. The van der Waals surface area contributed by atoms with Gasteiger partial charge in [-0.2, -0.15) is 5.10 Å². The van der Waals surface area contributed by atoms with E-state index in [2.05, 4.69) is 5.10 Å². The molecule has 0 radical (unpaired) electrons. The molecule has 0 saturated heterocycles. The fraction of sp³-hybridized carbons (Fsp3) is 0.286. The first kappa shape index (κ1) is 15.2. The van der Waals surface area contributed by atoms with Gasteiger partial charge in [-0.25, -0.2) is 4.79 Å². The molecule has 7 heteroatoms. The van der Waals surface area contributed by atoms with Crippen LogP contribution in [-0.2, 0) is 13.5 Å². The molecule has 0 amide bonds. The van der Waals surface area contributed by atoms with Crippen molar-refractivity contribution in [2.75, 3.05) is 13.7 Å². The van der Waals surface area contributed by atoms with Crippen LogP contribution in [0.2, 0.25) is 5.02 Å². The number of ether oxygens (including phenoxy) is 2. The van der Waals surface area contributed by atoms with Gasteiger partial charge in [0.1, 0.15) is 5.56 Å². The van der Waals surface area contributed by atoms with Crippen molar-refractivity contribution in [2.45, 2.75) is 6.42 Å². The third kappa shape index (κ3) is 3.66. The van der Waals surface area contributed by atoms with Gasteiger partial charge in [0.05, 0.1) is 19.9 Å². The lowest BCUT2D eigenvalue weighted by atomic mass is 10.2. The first-order chi connectivity index (χ1) is 10.0. The molecule has 0 saturated carbocycles. The first-order valence-electron chi connectivity index (χ1n) is 6.22. The molecule has 2 rings (SSSR count). The van der Waals surface area contributed by atoms with E-state index >= 15 is 0 Å². The summed E-state index contributed by atoms with van der Waals surface area (Å²) in [5.74, 6) is -0.642. The second-order valence-corrected chi connectivity index (χ2v) is 4.85. The van der Waals surface area contributed by atoms with Crippen molar-refractivity contribution in [3.63, 3.8) is 0 Å². The number of carboxylic acids is 1. The maximum Gasteiger partial charge on any atom is 0.339 e. The van der Waals surface area contributed by atoms with Gasteiger partial charge in [-0.1, -0.05) is 11.6 Å². The number of carbonyl (C=O) groups is 1. The van der Waals surface area contributed by atoms with Crippen molar-refractivity contribution >= 4 is 17.6 Å². The van der Waals surface area contributed by atoms with Gasteiger partial charge in [0, 0.05) is 30.8 Å². The van der Waals surface area contributed by atoms with Crippen molar-refractivity contribution in [3.8, 4) is 11.5 Å². The van der Waals surface area contributed by atoms with Crippen LogP contribution in [0.3, 0.4) is 0 Å². The SMILES string of the molecule is COc1cc(Cl)cc(C(=O)O)c1OCCc1cnn(C)c1. The van der Waals surface area contributed by atoms with E-state index in [-0.39, 0.29) is 16.3 Å². The second kappa shape index (κ2) is 6.49. The molecule has 0 spiro atoms. The van der Waals surface area contributed by atoms with Crippen LogP contribution in [0.5, 0.6) is 11.5 Å². The first-order valence-corrected chi connectivity index (χ1v) is 6.60. The molecule has 0 fully saturated rings. The molecule has 2 aromatic rings. The van der Waals surface area contributed by atoms with Crippen LogP contribution in [0.25, 0.3) is 0 Å². The number of nitrogens with zero attached hydrogens (tertiary/aromatic N) is 2. The van der Waals surface area contributed by atoms with Crippen molar-refractivity contribution in [2.24, 2.45) is 7.05 Å². The van der Waals surface area contributed by atoms with Gasteiger partial charge < -0.3 is 14.6 Å². The summed E-state index contributed by atoms with van der Waals surface area (Å²) in [6.45, 7) is 0.309. The molecule has 21 heavy (non-hydrogen) atoms. The topological polar surface area (TPSA) is 73.6 Å². The average Bonchev–Trinajstić information content (AvgIpc) is 2.85. The summed E-state index contributed by atoms with van der Waals surface area (Å²) < 4.78 is 12.4. The van der Waals surface area contributed by atoms with E-state index in [1.807, 2.05) is 13.2 Å². The quantitative estimate of drug-likeness (QED) is 0.887. The highest BCUT2D eigenvalue weighted by atomic mass is 35.5. The van der Waals surface area contributed by atoms with Gasteiger partial charge >= 0.3 is 5.97 Å². The highest BCUT2D eigenvalue weighted by molar-refractivity contribution is 6.31. The van der Waals surface area contributed by atoms with Crippen LogP contribution in [-0.4, -0.2) is 34.6 Å². The molecule has 0 atom stereocenters. The van der Waals surface area contributed by atoms with E-state index < -0.39 is 5.97 Å². The van der Waals surface area contributed by atoms with Crippen LogP contribution in [0.1, 0.15) is 15.9 Å². The lowest BCUT2D eigenvalue weighted by Gasteiger charge is -2.13. The summed E-state index contributed by atoms with van der Waals surface area (Å²) in [6.07, 6.45) is 4.22. The van der Waals surface area contributed by atoms with E-state index in [0.717, 1.165) is 5.56 Å². The minimum atomic E-state index is -1.12. The lowest BCUT2D eigenvalue weighted by Crippen LogP contribution is -2.08. The van der Waals surface area contributed by atoms with Gasteiger partial charge in [-0.3, -0.25) is 4.68 Å². The molecule has 0 aliphatic heterocycles. The summed E-state index contributed by atoms with van der Waals surface area (Å²) in [4.78, 5) is 11.3. The molecule has 1 heterocycles. The number of rotatable bonds is 6. The van der Waals surface area contributed by atoms with Crippen LogP contribution in [0.15, 0.2) is 24.5 Å². The Morgan fingerprint density at radius 1 is 1.48 bits per heavy atom. The number of carboxylic acid groups (broad SMARTS) is 1. The molecule has 1 aromatic heterocycles. The standard InChI is InChI=1S/C14H15ClN2O4/c1-17-8-9(7-16-17)3-4-21-13-11(14(18)19)5-10(15)6-12(13)20-2/h5-8H,3-4H2,1-2H3,(H,18,19). The summed E-state index contributed by atoms with van der Waals surface area (Å²) in [5, 5.41) is 13.6. The van der Waals surface area contributed by atoms with Crippen molar-refractivity contribution in [3.05, 3.63) is 40.7 Å². The van der Waals surface area contributed by atoms with Gasteiger partial charge in [0.25, 0.3) is 0 Å². The largest absolute Gasteiger partial charge is 0.493 e. The third-order valence-electron chi connectivity index (χ3n) is 2.87. The highest BCUT2D eigenvalue weighted by Crippen LogP contribution is 2.34. The van der Waals surface area contributed by atoms with Gasteiger partial charge in [-0.15, -0.1) is 0 Å². The molecule has 6 nitrogen and oxygen atoms in total. The Kier molecular flexibility index (Phi) is 4.70. The summed E-state index contributed by atoms with van der Waals surface area (Å²) in [7, 11) is 3.26. The Bertz CT molecular complexity index is 654. The smallest absolute Gasteiger partial charge is 0.339 e. The Hall–Kier alpha value is -2.21. The van der Waals surface area contributed by atoms with Gasteiger partial charge in [-0.05, 0) is 11.6 Å². The fourth-order valence-corrected chi connectivity index (χ4v) is 2.11. The zero-order valence-electron chi connectivity index (χ0n) is 11.7. The minimum absolute atomic E-state index is 0.0227. The Labute approximate surface area is 126 Å². The third-order valence-corrected chi connectivity index (χ3v) is 3.08. The van der Waals surface area contributed by atoms with Crippen molar-refractivity contribution < 1.29 is 19.4 Å². The van der Waals surface area contributed by atoms with E-state index in [0.29, 0.717) is 18.8 Å². The van der Waals surface area contributed by atoms with Crippen LogP contribution in [0.4, 0.5) is 0 Å². The molecule has 0 bridgehead atoms.